The molecule has 1 aliphatic carbocycles. The molecule has 2 saturated heterocycles. The minimum atomic E-state index is -6.26. The van der Waals surface area contributed by atoms with E-state index < -0.39 is 81.4 Å². The lowest BCUT2D eigenvalue weighted by molar-refractivity contribution is -0.501. The molecule has 1 saturated carbocycles. The minimum Gasteiger partial charge on any atom is -0.453 e. The molecule has 43 heavy (non-hydrogen) atoms. The smallest absolute Gasteiger partial charge is 0.453 e. The van der Waals surface area contributed by atoms with Crippen LogP contribution in [0.3, 0.4) is 0 Å². The molecule has 0 amide bonds. The zero-order valence-corrected chi connectivity index (χ0v) is 25.5. The van der Waals surface area contributed by atoms with Crippen LogP contribution >= 0.6 is 0 Å². The van der Waals surface area contributed by atoms with Crippen LogP contribution in [-0.4, -0.2) is 108 Å². The molecule has 0 aromatic heterocycles. The number of methoxy groups -OCH3 is 4. The second kappa shape index (κ2) is 11.5. The van der Waals surface area contributed by atoms with Gasteiger partial charge in [0, 0.05) is 28.4 Å². The summed E-state index contributed by atoms with van der Waals surface area (Å²) in [6.45, 7) is 5.55. The molecule has 8 unspecified atom stereocenters. The van der Waals surface area contributed by atoms with Gasteiger partial charge in [-0.15, -0.1) is 0 Å². The maximum absolute atomic E-state index is 13.6. The van der Waals surface area contributed by atoms with Gasteiger partial charge in [0.1, 0.15) is 30.5 Å². The van der Waals surface area contributed by atoms with Gasteiger partial charge in [-0.25, -0.2) is 4.79 Å². The number of carbonyl (C=O) groups is 1. The molecule has 2 aliphatic heterocycles. The molecule has 0 radical (unpaired) electrons. The molecule has 3 fully saturated rings. The van der Waals surface area contributed by atoms with Gasteiger partial charge in [-0.2, -0.15) is 21.6 Å². The van der Waals surface area contributed by atoms with E-state index in [0.717, 1.165) is 0 Å². The fourth-order valence-electron chi connectivity index (χ4n) is 5.27. The summed E-state index contributed by atoms with van der Waals surface area (Å²) in [4.78, 5) is 13.3. The average Bonchev–Trinajstić information content (AvgIpc) is 2.96. The first-order valence-electron chi connectivity index (χ1n) is 13.0. The third kappa shape index (κ3) is 5.57. The third-order valence-corrected chi connectivity index (χ3v) is 9.41. The summed E-state index contributed by atoms with van der Waals surface area (Å²) in [5.74, 6) is -8.12. The van der Waals surface area contributed by atoms with Crippen LogP contribution in [0.4, 0.5) is 13.2 Å². The zero-order valence-electron chi connectivity index (χ0n) is 24.7. The Morgan fingerprint density at radius 1 is 0.698 bits per heavy atom. The van der Waals surface area contributed by atoms with Gasteiger partial charge in [0.05, 0.1) is 5.56 Å². The highest BCUT2D eigenvalue weighted by atomic mass is 32.2. The lowest BCUT2D eigenvalue weighted by Gasteiger charge is -2.61. The molecule has 0 N–H and O–H groups in total. The monoisotopic (exact) mass is 644 g/mol. The Morgan fingerprint density at radius 2 is 1.05 bits per heavy atom. The standard InChI is InChI=1S/C26H35F3O13S/c1-22(33-5)24(3,35-7)40-18-16(38-22)15(37-21(30)14-12-10-9-11-13-14)17-19(20(18)42-43(31,32)26(27,28)29)41-25(4,36-8)23(2,34-6)39-17/h9-13,15-20H,1-8H3/t15?,16-,17?,18?,19-,20?,22?,23?,24?,25?/m1/s1. The largest absolute Gasteiger partial charge is 0.523 e. The maximum Gasteiger partial charge on any atom is 0.523 e. The second-order valence-electron chi connectivity index (χ2n) is 10.6. The number of halogens is 3. The van der Waals surface area contributed by atoms with Crippen molar-refractivity contribution < 1.29 is 73.2 Å². The third-order valence-electron chi connectivity index (χ3n) is 8.37. The van der Waals surface area contributed by atoms with Crippen molar-refractivity contribution in [1.82, 2.24) is 0 Å². The average molecular weight is 645 g/mol. The highest BCUT2D eigenvalue weighted by Gasteiger charge is 2.71. The normalized spacial score (nSPS) is 41.7. The van der Waals surface area contributed by atoms with Crippen molar-refractivity contribution in [3.63, 3.8) is 0 Å². The second-order valence-corrected chi connectivity index (χ2v) is 12.2. The minimum absolute atomic E-state index is 0.120. The van der Waals surface area contributed by atoms with E-state index in [-0.39, 0.29) is 5.56 Å². The van der Waals surface area contributed by atoms with Gasteiger partial charge in [0.25, 0.3) is 0 Å². The van der Waals surface area contributed by atoms with Crippen molar-refractivity contribution in [3.8, 4) is 0 Å². The fraction of sp³-hybridized carbons (Fsp3) is 0.731. The van der Waals surface area contributed by atoms with Crippen LogP contribution in [0, 0.1) is 0 Å². The summed E-state index contributed by atoms with van der Waals surface area (Å²) in [5, 5.41) is 0. The summed E-state index contributed by atoms with van der Waals surface area (Å²) < 4.78 is 123. The molecule has 17 heteroatoms. The topological polar surface area (TPSA) is 144 Å². The first-order valence-corrected chi connectivity index (χ1v) is 14.4. The number of fused-ring (bicyclic) bond motifs is 2. The molecular formula is C26H35F3O13S. The van der Waals surface area contributed by atoms with E-state index in [9.17, 15) is 26.4 Å². The van der Waals surface area contributed by atoms with E-state index in [4.69, 9.17) is 46.8 Å². The highest BCUT2D eigenvalue weighted by Crippen LogP contribution is 2.51. The van der Waals surface area contributed by atoms with E-state index in [1.807, 2.05) is 0 Å². The van der Waals surface area contributed by atoms with E-state index in [2.05, 4.69) is 0 Å². The number of ether oxygens (including phenoxy) is 9. The summed E-state index contributed by atoms with van der Waals surface area (Å²) >= 11 is 0. The van der Waals surface area contributed by atoms with Crippen molar-refractivity contribution in [2.75, 3.05) is 28.4 Å². The van der Waals surface area contributed by atoms with E-state index in [1.165, 1.54) is 68.3 Å². The number of hydrogen-bond donors (Lipinski definition) is 0. The number of alkyl halides is 3. The van der Waals surface area contributed by atoms with Crippen LogP contribution in [-0.2, 0) is 56.9 Å². The first-order chi connectivity index (χ1) is 19.8. The van der Waals surface area contributed by atoms with Gasteiger partial charge in [-0.1, -0.05) is 18.2 Å². The Hall–Kier alpha value is -1.93. The molecular weight excluding hydrogens is 609 g/mol. The molecule has 1 aromatic rings. The SMILES string of the molecule is COC1(C)OC2C(OS(=O)(=O)C(F)(F)F)[C@@H]3OC(C)(OC)C(C)(OC)OC3C(OC(=O)c3ccccc3)[C@H]2OC1(C)OC. The van der Waals surface area contributed by atoms with Crippen LogP contribution < -0.4 is 0 Å². The summed E-state index contributed by atoms with van der Waals surface area (Å²) in [6.07, 6.45) is -10.2. The van der Waals surface area contributed by atoms with Crippen LogP contribution in [0.1, 0.15) is 38.1 Å². The van der Waals surface area contributed by atoms with Crippen molar-refractivity contribution >= 4 is 16.1 Å². The summed E-state index contributed by atoms with van der Waals surface area (Å²) in [6, 6.07) is 7.80. The first kappa shape index (κ1) is 34.0. The predicted octanol–water partition coefficient (Wildman–Crippen LogP) is 2.48. The Balaban J connectivity index is 1.91. The summed E-state index contributed by atoms with van der Waals surface area (Å²) in [5.41, 5.74) is -5.70. The fourth-order valence-corrected chi connectivity index (χ4v) is 5.89. The zero-order chi connectivity index (χ0) is 32.2. The van der Waals surface area contributed by atoms with Gasteiger partial charge in [0.15, 0.2) is 6.10 Å². The Labute approximate surface area is 246 Å². The lowest BCUT2D eigenvalue weighted by atomic mass is 9.81. The van der Waals surface area contributed by atoms with Gasteiger partial charge in [-0.05, 0) is 39.8 Å². The number of benzene rings is 1. The van der Waals surface area contributed by atoms with E-state index in [0.29, 0.717) is 0 Å². The van der Waals surface area contributed by atoms with Crippen LogP contribution in [0.15, 0.2) is 30.3 Å². The van der Waals surface area contributed by atoms with E-state index >= 15 is 0 Å². The maximum atomic E-state index is 13.6. The van der Waals surface area contributed by atoms with Crippen LogP contribution in [0.2, 0.25) is 0 Å². The molecule has 10 atom stereocenters. The van der Waals surface area contributed by atoms with Crippen LogP contribution in [0.5, 0.6) is 0 Å². The Morgan fingerprint density at radius 3 is 1.37 bits per heavy atom. The van der Waals surface area contributed by atoms with Crippen LogP contribution in [0.25, 0.3) is 0 Å². The highest BCUT2D eigenvalue weighted by molar-refractivity contribution is 7.87. The van der Waals surface area contributed by atoms with Gasteiger partial charge in [-0.3, -0.25) is 4.18 Å². The number of rotatable bonds is 8. The molecule has 1 aromatic carbocycles. The van der Waals surface area contributed by atoms with Gasteiger partial charge < -0.3 is 42.6 Å². The number of hydrogen-bond acceptors (Lipinski definition) is 13. The Kier molecular flexibility index (Phi) is 9.05. The molecule has 13 nitrogen and oxygen atoms in total. The quantitative estimate of drug-likeness (QED) is 0.233. The van der Waals surface area contributed by atoms with Crippen molar-refractivity contribution in [1.29, 1.82) is 0 Å². The van der Waals surface area contributed by atoms with E-state index in [1.54, 1.807) is 18.2 Å². The van der Waals surface area contributed by atoms with Gasteiger partial charge >= 0.3 is 21.6 Å². The van der Waals surface area contributed by atoms with Crippen molar-refractivity contribution in [3.05, 3.63) is 35.9 Å². The number of esters is 1. The lowest BCUT2D eigenvalue weighted by Crippen LogP contribution is -2.80. The molecule has 0 spiro atoms. The molecule has 2 heterocycles. The van der Waals surface area contributed by atoms with Crippen molar-refractivity contribution in [2.24, 2.45) is 0 Å². The molecule has 4 rings (SSSR count). The van der Waals surface area contributed by atoms with Crippen molar-refractivity contribution in [2.45, 2.75) is 93.0 Å². The van der Waals surface area contributed by atoms with Gasteiger partial charge in [0.2, 0.25) is 23.1 Å². The summed E-state index contributed by atoms with van der Waals surface area (Å²) in [7, 11) is -1.32. The number of carbonyl (C=O) groups excluding carboxylic acids is 1. The predicted molar refractivity (Wildman–Crippen MR) is 137 cm³/mol. The molecule has 244 valence electrons. The molecule has 3 aliphatic rings. The molecule has 0 bridgehead atoms. The Bertz CT molecular complexity index is 1230.